The molecule has 1 amide bonds. The molecule has 106 valence electrons. The van der Waals surface area contributed by atoms with Crippen molar-refractivity contribution in [1.29, 1.82) is 0 Å². The number of amides is 1. The van der Waals surface area contributed by atoms with Gasteiger partial charge in [0.15, 0.2) is 5.15 Å². The Morgan fingerprint density at radius 2 is 2.26 bits per heavy atom. The Morgan fingerprint density at radius 1 is 1.58 bits per heavy atom. The van der Waals surface area contributed by atoms with Gasteiger partial charge in [0.2, 0.25) is 5.91 Å². The minimum atomic E-state index is -0.0853. The molecule has 0 aromatic carbocycles. The van der Waals surface area contributed by atoms with Crippen LogP contribution in [0, 0.1) is 11.8 Å². The molecule has 0 fully saturated rings. The molecule has 0 saturated carbocycles. The van der Waals surface area contributed by atoms with Crippen molar-refractivity contribution in [2.24, 2.45) is 17.6 Å². The van der Waals surface area contributed by atoms with Gasteiger partial charge in [-0.1, -0.05) is 25.4 Å². The molecule has 0 spiro atoms. The third kappa shape index (κ3) is 5.89. The van der Waals surface area contributed by atoms with E-state index in [1.54, 1.807) is 12.3 Å². The van der Waals surface area contributed by atoms with E-state index in [4.69, 9.17) is 17.3 Å². The van der Waals surface area contributed by atoms with E-state index >= 15 is 0 Å². The van der Waals surface area contributed by atoms with E-state index in [1.807, 2.05) is 0 Å². The highest BCUT2D eigenvalue weighted by Crippen LogP contribution is 2.24. The number of hydrogen-bond donors (Lipinski definition) is 2. The summed E-state index contributed by atoms with van der Waals surface area (Å²) in [6.07, 6.45) is 2.92. The summed E-state index contributed by atoms with van der Waals surface area (Å²) in [5, 5.41) is 3.05. The number of pyridine rings is 1. The van der Waals surface area contributed by atoms with Crippen LogP contribution < -0.4 is 11.1 Å². The number of nitrogens with zero attached hydrogens (tertiary/aromatic N) is 1. The molecular weight excluding hydrogens is 330 g/mol. The van der Waals surface area contributed by atoms with Crippen molar-refractivity contribution in [2.75, 3.05) is 11.9 Å². The summed E-state index contributed by atoms with van der Waals surface area (Å²) in [7, 11) is 0. The minimum absolute atomic E-state index is 0.0853. The molecule has 1 aromatic heterocycles. The largest absolute Gasteiger partial charge is 0.330 e. The summed E-state index contributed by atoms with van der Waals surface area (Å²) in [5.41, 5.74) is 6.21. The van der Waals surface area contributed by atoms with Gasteiger partial charge in [0.25, 0.3) is 0 Å². The summed E-state index contributed by atoms with van der Waals surface area (Å²) in [6.45, 7) is 4.75. The molecule has 1 rings (SSSR count). The first-order chi connectivity index (χ1) is 8.92. The first-order valence-electron chi connectivity index (χ1n) is 6.23. The lowest BCUT2D eigenvalue weighted by atomic mass is 9.94. The molecule has 0 bridgehead atoms. The van der Waals surface area contributed by atoms with Gasteiger partial charge in [-0.3, -0.25) is 4.79 Å². The summed E-state index contributed by atoms with van der Waals surface area (Å²) in [5.74, 6) is 0.634. The van der Waals surface area contributed by atoms with Crippen molar-refractivity contribution < 1.29 is 4.79 Å². The Morgan fingerprint density at radius 3 is 2.84 bits per heavy atom. The Hall–Kier alpha value is -0.650. The quantitative estimate of drug-likeness (QED) is 0.774. The lowest BCUT2D eigenvalue weighted by Gasteiger charge is -2.16. The molecule has 6 heteroatoms. The normalized spacial score (nSPS) is 12.5. The van der Waals surface area contributed by atoms with Crippen LogP contribution in [0.15, 0.2) is 16.7 Å². The van der Waals surface area contributed by atoms with E-state index < -0.39 is 0 Å². The molecule has 0 radical (unpaired) electrons. The van der Waals surface area contributed by atoms with Crippen LogP contribution in [0.3, 0.4) is 0 Å². The molecule has 0 aliphatic heterocycles. The zero-order valence-electron chi connectivity index (χ0n) is 11.1. The fourth-order valence-electron chi connectivity index (χ4n) is 1.90. The molecule has 1 heterocycles. The molecule has 1 unspecified atom stereocenters. The standard InChI is InChI=1S/C13H19BrClN3O/c1-8(2)3-9(6-16)4-12(19)18-11-5-10(14)7-17-13(11)15/h5,7-9H,3-4,6,16H2,1-2H3,(H,18,19). The van der Waals surface area contributed by atoms with Gasteiger partial charge < -0.3 is 11.1 Å². The van der Waals surface area contributed by atoms with Crippen molar-refractivity contribution in [3.8, 4) is 0 Å². The molecule has 4 nitrogen and oxygen atoms in total. The van der Waals surface area contributed by atoms with Crippen LogP contribution in [-0.2, 0) is 4.79 Å². The summed E-state index contributed by atoms with van der Waals surface area (Å²) in [6, 6.07) is 1.73. The van der Waals surface area contributed by atoms with Crippen LogP contribution in [-0.4, -0.2) is 17.4 Å². The Bertz CT molecular complexity index is 440. The Kier molecular flexibility index (Phi) is 6.75. The van der Waals surface area contributed by atoms with Gasteiger partial charge in [0, 0.05) is 17.1 Å². The number of aromatic nitrogens is 1. The van der Waals surface area contributed by atoms with Crippen molar-refractivity contribution in [3.05, 3.63) is 21.9 Å². The summed E-state index contributed by atoms with van der Waals surface area (Å²) in [4.78, 5) is 15.9. The first kappa shape index (κ1) is 16.4. The van der Waals surface area contributed by atoms with Crippen molar-refractivity contribution in [1.82, 2.24) is 4.98 Å². The maximum absolute atomic E-state index is 12.0. The fourth-order valence-corrected chi connectivity index (χ4v) is 2.39. The number of halogens is 2. The highest BCUT2D eigenvalue weighted by atomic mass is 79.9. The molecule has 1 atom stereocenters. The van der Waals surface area contributed by atoms with Gasteiger partial charge in [-0.15, -0.1) is 0 Å². The number of carbonyl (C=O) groups is 1. The van der Waals surface area contributed by atoms with E-state index in [9.17, 15) is 4.79 Å². The predicted octanol–water partition coefficient (Wildman–Crippen LogP) is 3.45. The molecule has 0 aliphatic carbocycles. The maximum atomic E-state index is 12.0. The molecule has 19 heavy (non-hydrogen) atoms. The highest BCUT2D eigenvalue weighted by molar-refractivity contribution is 9.10. The molecular formula is C13H19BrClN3O. The maximum Gasteiger partial charge on any atom is 0.224 e. The Balaban J connectivity index is 2.61. The van der Waals surface area contributed by atoms with Gasteiger partial charge in [-0.2, -0.15) is 0 Å². The van der Waals surface area contributed by atoms with E-state index in [2.05, 4.69) is 40.1 Å². The van der Waals surface area contributed by atoms with E-state index in [-0.39, 0.29) is 17.0 Å². The second-order valence-corrected chi connectivity index (χ2v) is 6.25. The van der Waals surface area contributed by atoms with Gasteiger partial charge in [-0.05, 0) is 46.8 Å². The van der Waals surface area contributed by atoms with Crippen LogP contribution >= 0.6 is 27.5 Å². The molecule has 1 aromatic rings. The highest BCUT2D eigenvalue weighted by Gasteiger charge is 2.15. The van der Waals surface area contributed by atoms with E-state index in [0.717, 1.165) is 10.9 Å². The third-order valence-electron chi connectivity index (χ3n) is 2.69. The monoisotopic (exact) mass is 347 g/mol. The predicted molar refractivity (Wildman–Crippen MR) is 82.2 cm³/mol. The topological polar surface area (TPSA) is 68.0 Å². The molecule has 0 aliphatic rings. The summed E-state index contributed by atoms with van der Waals surface area (Å²) >= 11 is 9.21. The van der Waals surface area contributed by atoms with Crippen molar-refractivity contribution in [2.45, 2.75) is 26.7 Å². The van der Waals surface area contributed by atoms with Crippen LogP contribution in [0.4, 0.5) is 5.69 Å². The average molecular weight is 349 g/mol. The van der Waals surface area contributed by atoms with Crippen molar-refractivity contribution >= 4 is 39.1 Å². The number of rotatable bonds is 6. The van der Waals surface area contributed by atoms with Crippen LogP contribution in [0.5, 0.6) is 0 Å². The first-order valence-corrected chi connectivity index (χ1v) is 7.40. The van der Waals surface area contributed by atoms with Crippen LogP contribution in [0.1, 0.15) is 26.7 Å². The SMILES string of the molecule is CC(C)CC(CN)CC(=O)Nc1cc(Br)cnc1Cl. The number of nitrogens with two attached hydrogens (primary N) is 1. The average Bonchev–Trinajstić information content (AvgIpc) is 2.32. The minimum Gasteiger partial charge on any atom is -0.330 e. The number of carbonyl (C=O) groups excluding carboxylic acids is 1. The van der Waals surface area contributed by atoms with Crippen LogP contribution in [0.25, 0.3) is 0 Å². The smallest absolute Gasteiger partial charge is 0.224 e. The van der Waals surface area contributed by atoms with Crippen molar-refractivity contribution in [3.63, 3.8) is 0 Å². The lowest BCUT2D eigenvalue weighted by Crippen LogP contribution is -2.23. The van der Waals surface area contributed by atoms with Crippen LogP contribution in [0.2, 0.25) is 5.15 Å². The number of hydrogen-bond acceptors (Lipinski definition) is 3. The second kappa shape index (κ2) is 7.82. The van der Waals surface area contributed by atoms with Gasteiger partial charge in [0.05, 0.1) is 5.69 Å². The van der Waals surface area contributed by atoms with E-state index in [1.165, 1.54) is 0 Å². The molecule has 3 N–H and O–H groups in total. The van der Waals surface area contributed by atoms with E-state index in [0.29, 0.717) is 24.6 Å². The lowest BCUT2D eigenvalue weighted by molar-refractivity contribution is -0.117. The van der Waals surface area contributed by atoms with Gasteiger partial charge in [-0.25, -0.2) is 4.98 Å². The molecule has 0 saturated heterocycles. The number of nitrogens with one attached hydrogen (secondary N) is 1. The second-order valence-electron chi connectivity index (χ2n) is 4.98. The zero-order chi connectivity index (χ0) is 14.4. The Labute approximate surface area is 127 Å². The van der Waals surface area contributed by atoms with Gasteiger partial charge in [0.1, 0.15) is 0 Å². The van der Waals surface area contributed by atoms with Gasteiger partial charge >= 0.3 is 0 Å². The zero-order valence-corrected chi connectivity index (χ0v) is 13.5. The summed E-state index contributed by atoms with van der Waals surface area (Å²) < 4.78 is 0.768. The fraction of sp³-hybridized carbons (Fsp3) is 0.538. The number of anilines is 1. The third-order valence-corrected chi connectivity index (χ3v) is 3.43.